The number of aromatic nitrogens is 1. The molecular formula is C14H20N2O2. The highest BCUT2D eigenvalue weighted by Gasteiger charge is 2.19. The van der Waals surface area contributed by atoms with E-state index in [-0.39, 0.29) is 5.56 Å². The average molecular weight is 248 g/mol. The minimum absolute atomic E-state index is 0.276. The molecule has 1 aromatic heterocycles. The third kappa shape index (κ3) is 3.00. The van der Waals surface area contributed by atoms with Crippen LogP contribution in [0.2, 0.25) is 0 Å². The van der Waals surface area contributed by atoms with Crippen LogP contribution in [0.5, 0.6) is 0 Å². The first kappa shape index (κ1) is 12.9. The van der Waals surface area contributed by atoms with Crippen LogP contribution < -0.4 is 5.32 Å². The molecule has 1 aromatic rings. The van der Waals surface area contributed by atoms with Gasteiger partial charge in [-0.3, -0.25) is 0 Å². The molecule has 0 bridgehead atoms. The van der Waals surface area contributed by atoms with E-state index >= 15 is 0 Å². The molecule has 2 N–H and O–H groups in total. The van der Waals surface area contributed by atoms with Crippen molar-refractivity contribution in [3.05, 3.63) is 23.4 Å². The van der Waals surface area contributed by atoms with Gasteiger partial charge in [-0.05, 0) is 37.8 Å². The van der Waals surface area contributed by atoms with Gasteiger partial charge in [0.05, 0.1) is 11.3 Å². The molecule has 0 aromatic carbocycles. The number of hydrogen-bond donors (Lipinski definition) is 2. The van der Waals surface area contributed by atoms with Crippen molar-refractivity contribution in [3.8, 4) is 0 Å². The SMILES string of the molecule is Cc1nc(NC2CCCC(C)C2)ccc1C(=O)O. The topological polar surface area (TPSA) is 62.2 Å². The fourth-order valence-corrected chi connectivity index (χ4v) is 2.64. The minimum atomic E-state index is -0.919. The van der Waals surface area contributed by atoms with E-state index in [2.05, 4.69) is 17.2 Å². The quantitative estimate of drug-likeness (QED) is 0.863. The standard InChI is InChI=1S/C14H20N2O2/c1-9-4-3-5-11(8-9)16-13-7-6-12(14(17)18)10(2)15-13/h6-7,9,11H,3-5,8H2,1-2H3,(H,15,16)(H,17,18). The van der Waals surface area contributed by atoms with Crippen molar-refractivity contribution >= 4 is 11.8 Å². The summed E-state index contributed by atoms with van der Waals surface area (Å²) in [5.74, 6) is 0.630. The highest BCUT2D eigenvalue weighted by atomic mass is 16.4. The number of aromatic carboxylic acids is 1. The monoisotopic (exact) mass is 248 g/mol. The molecule has 0 spiro atoms. The Morgan fingerprint density at radius 1 is 1.44 bits per heavy atom. The summed E-state index contributed by atoms with van der Waals surface area (Å²) in [5.41, 5.74) is 0.842. The number of anilines is 1. The Bertz CT molecular complexity index is 445. The Hall–Kier alpha value is -1.58. The molecular weight excluding hydrogens is 228 g/mol. The van der Waals surface area contributed by atoms with Crippen LogP contribution in [0.15, 0.2) is 12.1 Å². The summed E-state index contributed by atoms with van der Waals surface area (Å²) in [7, 11) is 0. The molecule has 98 valence electrons. The van der Waals surface area contributed by atoms with E-state index in [1.807, 2.05) is 0 Å². The van der Waals surface area contributed by atoms with Gasteiger partial charge in [0.2, 0.25) is 0 Å². The lowest BCUT2D eigenvalue weighted by molar-refractivity contribution is 0.0695. The maximum Gasteiger partial charge on any atom is 0.337 e. The summed E-state index contributed by atoms with van der Waals surface area (Å²) in [6.07, 6.45) is 4.90. The summed E-state index contributed by atoms with van der Waals surface area (Å²) >= 11 is 0. The van der Waals surface area contributed by atoms with E-state index in [4.69, 9.17) is 5.11 Å². The van der Waals surface area contributed by atoms with Crippen LogP contribution in [0.3, 0.4) is 0 Å². The zero-order chi connectivity index (χ0) is 13.1. The third-order valence-electron chi connectivity index (χ3n) is 3.60. The molecule has 2 atom stereocenters. The lowest BCUT2D eigenvalue weighted by atomic mass is 9.87. The zero-order valence-corrected chi connectivity index (χ0v) is 10.9. The van der Waals surface area contributed by atoms with Gasteiger partial charge in [0.15, 0.2) is 0 Å². The van der Waals surface area contributed by atoms with Gasteiger partial charge in [-0.25, -0.2) is 9.78 Å². The van der Waals surface area contributed by atoms with Gasteiger partial charge < -0.3 is 10.4 Å². The third-order valence-corrected chi connectivity index (χ3v) is 3.60. The predicted molar refractivity (Wildman–Crippen MR) is 71.0 cm³/mol. The Balaban J connectivity index is 2.05. The molecule has 0 saturated heterocycles. The summed E-state index contributed by atoms with van der Waals surface area (Å²) in [4.78, 5) is 15.2. The molecule has 1 fully saturated rings. The van der Waals surface area contributed by atoms with E-state index in [1.54, 1.807) is 19.1 Å². The summed E-state index contributed by atoms with van der Waals surface area (Å²) in [5, 5.41) is 12.4. The van der Waals surface area contributed by atoms with E-state index in [0.29, 0.717) is 11.7 Å². The number of carboxylic acid groups (broad SMARTS) is 1. The first-order chi connectivity index (χ1) is 8.56. The second kappa shape index (κ2) is 5.38. The van der Waals surface area contributed by atoms with Crippen molar-refractivity contribution < 1.29 is 9.90 Å². The second-order valence-electron chi connectivity index (χ2n) is 5.25. The number of hydrogen-bond acceptors (Lipinski definition) is 3. The van der Waals surface area contributed by atoms with Crippen LogP contribution in [-0.4, -0.2) is 22.1 Å². The number of aryl methyl sites for hydroxylation is 1. The van der Waals surface area contributed by atoms with Gasteiger partial charge >= 0.3 is 5.97 Å². The predicted octanol–water partition coefficient (Wildman–Crippen LogP) is 3.08. The highest BCUT2D eigenvalue weighted by Crippen LogP contribution is 2.25. The van der Waals surface area contributed by atoms with Crippen molar-refractivity contribution in [1.29, 1.82) is 0 Å². The summed E-state index contributed by atoms with van der Waals surface area (Å²) in [6, 6.07) is 3.85. The van der Waals surface area contributed by atoms with Crippen molar-refractivity contribution in [2.45, 2.75) is 45.6 Å². The van der Waals surface area contributed by atoms with Crippen molar-refractivity contribution in [2.24, 2.45) is 5.92 Å². The number of nitrogens with zero attached hydrogens (tertiary/aromatic N) is 1. The number of carbonyl (C=O) groups is 1. The zero-order valence-electron chi connectivity index (χ0n) is 10.9. The molecule has 4 heteroatoms. The average Bonchev–Trinajstić information content (AvgIpc) is 2.28. The Labute approximate surface area is 107 Å². The van der Waals surface area contributed by atoms with E-state index in [9.17, 15) is 4.79 Å². The van der Waals surface area contributed by atoms with Crippen LogP contribution in [-0.2, 0) is 0 Å². The van der Waals surface area contributed by atoms with Gasteiger partial charge in [-0.1, -0.05) is 19.8 Å². The fourth-order valence-electron chi connectivity index (χ4n) is 2.64. The molecule has 1 aliphatic carbocycles. The maximum atomic E-state index is 10.9. The lowest BCUT2D eigenvalue weighted by Gasteiger charge is -2.28. The molecule has 0 amide bonds. The smallest absolute Gasteiger partial charge is 0.337 e. The minimum Gasteiger partial charge on any atom is -0.478 e. The van der Waals surface area contributed by atoms with E-state index in [1.165, 1.54) is 25.7 Å². The molecule has 0 radical (unpaired) electrons. The molecule has 0 aliphatic heterocycles. The van der Waals surface area contributed by atoms with Gasteiger partial charge in [0.1, 0.15) is 5.82 Å². The summed E-state index contributed by atoms with van der Waals surface area (Å²) in [6.45, 7) is 4.01. The number of pyridine rings is 1. The number of rotatable bonds is 3. The molecule has 1 aliphatic rings. The molecule has 18 heavy (non-hydrogen) atoms. The van der Waals surface area contributed by atoms with Crippen molar-refractivity contribution in [1.82, 2.24) is 4.98 Å². The lowest BCUT2D eigenvalue weighted by Crippen LogP contribution is -2.26. The molecule has 1 heterocycles. The first-order valence-electron chi connectivity index (χ1n) is 6.53. The second-order valence-corrected chi connectivity index (χ2v) is 5.25. The Morgan fingerprint density at radius 2 is 2.22 bits per heavy atom. The first-order valence-corrected chi connectivity index (χ1v) is 6.53. The molecule has 4 nitrogen and oxygen atoms in total. The van der Waals surface area contributed by atoms with E-state index < -0.39 is 5.97 Å². The molecule has 2 unspecified atom stereocenters. The van der Waals surface area contributed by atoms with Crippen molar-refractivity contribution in [2.75, 3.05) is 5.32 Å². The number of carboxylic acids is 1. The fraction of sp³-hybridized carbons (Fsp3) is 0.571. The van der Waals surface area contributed by atoms with Gasteiger partial charge in [0, 0.05) is 6.04 Å². The van der Waals surface area contributed by atoms with Crippen LogP contribution in [0, 0.1) is 12.8 Å². The normalized spacial score (nSPS) is 23.7. The largest absolute Gasteiger partial charge is 0.478 e. The Kier molecular flexibility index (Phi) is 3.84. The van der Waals surface area contributed by atoms with E-state index in [0.717, 1.165) is 11.7 Å². The number of nitrogens with one attached hydrogen (secondary N) is 1. The molecule has 1 saturated carbocycles. The van der Waals surface area contributed by atoms with Crippen LogP contribution >= 0.6 is 0 Å². The molecule has 2 rings (SSSR count). The van der Waals surface area contributed by atoms with Gasteiger partial charge in [-0.15, -0.1) is 0 Å². The Morgan fingerprint density at radius 3 is 2.83 bits per heavy atom. The van der Waals surface area contributed by atoms with Crippen LogP contribution in [0.4, 0.5) is 5.82 Å². The van der Waals surface area contributed by atoms with Crippen LogP contribution in [0.1, 0.15) is 48.7 Å². The summed E-state index contributed by atoms with van der Waals surface area (Å²) < 4.78 is 0. The maximum absolute atomic E-state index is 10.9. The van der Waals surface area contributed by atoms with Crippen LogP contribution in [0.25, 0.3) is 0 Å². The van der Waals surface area contributed by atoms with Crippen molar-refractivity contribution in [3.63, 3.8) is 0 Å². The van der Waals surface area contributed by atoms with Gasteiger partial charge in [0.25, 0.3) is 0 Å². The highest BCUT2D eigenvalue weighted by molar-refractivity contribution is 5.89. The van der Waals surface area contributed by atoms with Gasteiger partial charge in [-0.2, -0.15) is 0 Å².